The van der Waals surface area contributed by atoms with Crippen LogP contribution in [-0.4, -0.2) is 15.8 Å². The van der Waals surface area contributed by atoms with Crippen molar-refractivity contribution in [3.63, 3.8) is 0 Å². The van der Waals surface area contributed by atoms with Gasteiger partial charge >= 0.3 is 12.2 Å². The molecule has 2 amide bonds. The fourth-order valence-electron chi connectivity index (χ4n) is 3.00. The summed E-state index contributed by atoms with van der Waals surface area (Å²) in [5.41, 5.74) is 2.76. The Kier molecular flexibility index (Phi) is 5.63. The van der Waals surface area contributed by atoms with Crippen molar-refractivity contribution in [3.05, 3.63) is 76.6 Å². The van der Waals surface area contributed by atoms with E-state index in [0.29, 0.717) is 23.6 Å². The van der Waals surface area contributed by atoms with Crippen molar-refractivity contribution in [2.24, 2.45) is 0 Å². The van der Waals surface area contributed by atoms with E-state index in [9.17, 15) is 18.0 Å². The quantitative estimate of drug-likeness (QED) is 0.604. The van der Waals surface area contributed by atoms with Crippen molar-refractivity contribution in [1.29, 1.82) is 0 Å². The maximum Gasteiger partial charge on any atom is 0.418 e. The minimum Gasteiger partial charge on any atom is -0.307 e. The van der Waals surface area contributed by atoms with E-state index in [-0.39, 0.29) is 5.69 Å². The van der Waals surface area contributed by atoms with Crippen molar-refractivity contribution in [3.8, 4) is 0 Å². The molecule has 0 fully saturated rings. The van der Waals surface area contributed by atoms with Gasteiger partial charge in [-0.2, -0.15) is 18.3 Å². The normalized spacial score (nSPS) is 11.4. The van der Waals surface area contributed by atoms with Gasteiger partial charge in [0.25, 0.3) is 0 Å². The highest BCUT2D eigenvalue weighted by molar-refractivity contribution is 6.01. The molecule has 2 N–H and O–H groups in total. The number of rotatable bonds is 4. The number of halogens is 3. The van der Waals surface area contributed by atoms with Crippen molar-refractivity contribution in [2.45, 2.75) is 33.5 Å². The van der Waals surface area contributed by atoms with E-state index in [0.717, 1.165) is 17.2 Å². The third-order valence-corrected chi connectivity index (χ3v) is 4.55. The van der Waals surface area contributed by atoms with E-state index < -0.39 is 17.8 Å². The summed E-state index contributed by atoms with van der Waals surface area (Å²) >= 11 is 0. The van der Waals surface area contributed by atoms with Gasteiger partial charge in [0.1, 0.15) is 0 Å². The zero-order valence-corrected chi connectivity index (χ0v) is 16.3. The van der Waals surface area contributed by atoms with Gasteiger partial charge in [-0.05, 0) is 38.5 Å². The van der Waals surface area contributed by atoms with E-state index in [1.54, 1.807) is 18.5 Å². The summed E-state index contributed by atoms with van der Waals surface area (Å²) in [6, 6.07) is 12.1. The molecule has 5 nitrogen and oxygen atoms in total. The zero-order chi connectivity index (χ0) is 21.2. The molecule has 8 heteroatoms. The number of nitrogens with one attached hydrogen (secondary N) is 2. The molecule has 1 heterocycles. The molecule has 1 aromatic heterocycles. The van der Waals surface area contributed by atoms with E-state index in [2.05, 4.69) is 15.7 Å². The molecule has 0 radical (unpaired) electrons. The van der Waals surface area contributed by atoms with Crippen molar-refractivity contribution < 1.29 is 18.0 Å². The summed E-state index contributed by atoms with van der Waals surface area (Å²) in [7, 11) is 0. The second kappa shape index (κ2) is 7.98. The highest BCUT2D eigenvalue weighted by Gasteiger charge is 2.33. The van der Waals surface area contributed by atoms with Crippen LogP contribution in [0, 0.1) is 20.8 Å². The van der Waals surface area contributed by atoms with Gasteiger partial charge in [-0.3, -0.25) is 4.68 Å². The third kappa shape index (κ3) is 4.77. The number of alkyl halides is 3. The van der Waals surface area contributed by atoms with Gasteiger partial charge in [0.2, 0.25) is 0 Å². The Balaban J connectivity index is 1.76. The van der Waals surface area contributed by atoms with Gasteiger partial charge in [0.05, 0.1) is 34.9 Å². The highest BCUT2D eigenvalue weighted by atomic mass is 19.4. The van der Waals surface area contributed by atoms with Gasteiger partial charge in [-0.1, -0.05) is 42.0 Å². The minimum atomic E-state index is -4.56. The molecule has 2 aromatic carbocycles. The van der Waals surface area contributed by atoms with Crippen LogP contribution in [0.1, 0.15) is 28.1 Å². The number of urea groups is 1. The third-order valence-electron chi connectivity index (χ3n) is 4.55. The van der Waals surface area contributed by atoms with E-state index in [4.69, 9.17) is 0 Å². The van der Waals surface area contributed by atoms with Crippen molar-refractivity contribution in [2.75, 3.05) is 10.6 Å². The van der Waals surface area contributed by atoms with E-state index in [1.165, 1.54) is 18.2 Å². The first kappa shape index (κ1) is 20.4. The van der Waals surface area contributed by atoms with Gasteiger partial charge in [0, 0.05) is 0 Å². The minimum absolute atomic E-state index is 0.306. The summed E-state index contributed by atoms with van der Waals surface area (Å²) < 4.78 is 41.1. The predicted molar refractivity (Wildman–Crippen MR) is 106 cm³/mol. The standard InChI is InChI=1S/C21H21F3N4O/c1-13-8-10-16(11-9-13)12-28-15(3)19(14(2)27-28)26-20(29)25-18-7-5-4-6-17(18)21(22,23)24/h4-11H,12H2,1-3H3,(H2,25,26,29). The van der Waals surface area contributed by atoms with Crippen LogP contribution in [0.5, 0.6) is 0 Å². The molecule has 0 atom stereocenters. The van der Waals surface area contributed by atoms with Gasteiger partial charge in [0.15, 0.2) is 0 Å². The first-order valence-corrected chi connectivity index (χ1v) is 8.99. The molecule has 0 bridgehead atoms. The van der Waals surface area contributed by atoms with Gasteiger partial charge in [-0.25, -0.2) is 4.79 Å². The van der Waals surface area contributed by atoms with Crippen LogP contribution in [0.4, 0.5) is 29.3 Å². The number of carbonyl (C=O) groups is 1. The number of hydrogen-bond acceptors (Lipinski definition) is 2. The molecule has 29 heavy (non-hydrogen) atoms. The topological polar surface area (TPSA) is 59.0 Å². The molecule has 152 valence electrons. The SMILES string of the molecule is Cc1ccc(Cn2nc(C)c(NC(=O)Nc3ccccc3C(F)(F)F)c2C)cc1. The molecule has 0 aliphatic carbocycles. The molecule has 0 saturated heterocycles. The Labute approximate surface area is 166 Å². The first-order chi connectivity index (χ1) is 13.6. The molecule has 0 spiro atoms. The highest BCUT2D eigenvalue weighted by Crippen LogP contribution is 2.34. The fourth-order valence-corrected chi connectivity index (χ4v) is 3.00. The lowest BCUT2D eigenvalue weighted by Crippen LogP contribution is -2.22. The van der Waals surface area contributed by atoms with Gasteiger partial charge < -0.3 is 10.6 Å². The summed E-state index contributed by atoms with van der Waals surface area (Å²) in [6.07, 6.45) is -4.56. The predicted octanol–water partition coefficient (Wildman–Crippen LogP) is 5.52. The van der Waals surface area contributed by atoms with Gasteiger partial charge in [-0.15, -0.1) is 0 Å². The summed E-state index contributed by atoms with van der Waals surface area (Å²) in [5, 5.41) is 9.34. The van der Waals surface area contributed by atoms with Crippen molar-refractivity contribution in [1.82, 2.24) is 9.78 Å². The molecular weight excluding hydrogens is 381 g/mol. The molecule has 0 aliphatic heterocycles. The molecule has 0 aliphatic rings. The van der Waals surface area contributed by atoms with Crippen LogP contribution >= 0.6 is 0 Å². The monoisotopic (exact) mass is 402 g/mol. The van der Waals surface area contributed by atoms with E-state index in [1.807, 2.05) is 31.2 Å². The molecule has 3 rings (SSSR count). The Morgan fingerprint density at radius 2 is 1.66 bits per heavy atom. The lowest BCUT2D eigenvalue weighted by molar-refractivity contribution is -0.136. The number of nitrogens with zero attached hydrogens (tertiary/aromatic N) is 2. The maximum absolute atomic E-state index is 13.1. The van der Waals surface area contributed by atoms with Crippen LogP contribution in [0.2, 0.25) is 0 Å². The van der Waals surface area contributed by atoms with Crippen LogP contribution in [0.25, 0.3) is 0 Å². The number of aromatic nitrogens is 2. The summed E-state index contributed by atoms with van der Waals surface area (Å²) in [5.74, 6) is 0. The maximum atomic E-state index is 13.1. The Bertz CT molecular complexity index is 1020. The number of carbonyl (C=O) groups excluding carboxylic acids is 1. The fraction of sp³-hybridized carbons (Fsp3) is 0.238. The number of aryl methyl sites for hydroxylation is 2. The Morgan fingerprint density at radius 1 is 1.00 bits per heavy atom. The number of benzene rings is 2. The van der Waals surface area contributed by atoms with Crippen molar-refractivity contribution >= 4 is 17.4 Å². The molecular formula is C21H21F3N4O. The lowest BCUT2D eigenvalue weighted by atomic mass is 10.1. The summed E-state index contributed by atoms with van der Waals surface area (Å²) in [6.45, 7) is 6.06. The van der Waals surface area contributed by atoms with Crippen LogP contribution < -0.4 is 10.6 Å². The first-order valence-electron chi connectivity index (χ1n) is 8.99. The Morgan fingerprint density at radius 3 is 2.31 bits per heavy atom. The van der Waals surface area contributed by atoms with Crippen LogP contribution in [0.15, 0.2) is 48.5 Å². The number of amides is 2. The lowest BCUT2D eigenvalue weighted by Gasteiger charge is -2.14. The summed E-state index contributed by atoms with van der Waals surface area (Å²) in [4.78, 5) is 12.3. The van der Waals surface area contributed by atoms with E-state index >= 15 is 0 Å². The smallest absolute Gasteiger partial charge is 0.307 e. The molecule has 3 aromatic rings. The van der Waals surface area contributed by atoms with Crippen LogP contribution in [-0.2, 0) is 12.7 Å². The molecule has 0 saturated carbocycles. The number of hydrogen-bond donors (Lipinski definition) is 2. The Hall–Kier alpha value is -3.29. The average molecular weight is 402 g/mol. The zero-order valence-electron chi connectivity index (χ0n) is 16.3. The largest absolute Gasteiger partial charge is 0.418 e. The van der Waals surface area contributed by atoms with Crippen LogP contribution in [0.3, 0.4) is 0 Å². The molecule has 0 unspecified atom stereocenters. The number of para-hydroxylation sites is 1. The average Bonchev–Trinajstić information content (AvgIpc) is 2.90. The second-order valence-corrected chi connectivity index (χ2v) is 6.81. The number of anilines is 2. The second-order valence-electron chi connectivity index (χ2n) is 6.81.